The molecule has 2 N–H and O–H groups in total. The highest BCUT2D eigenvalue weighted by molar-refractivity contribution is 6.12. The molecule has 1 fully saturated rings. The molecule has 2 rings (SSSR count). The van der Waals surface area contributed by atoms with E-state index in [0.29, 0.717) is 12.0 Å². The number of nitrogens with one attached hydrogen (secondary N) is 2. The van der Waals surface area contributed by atoms with Crippen LogP contribution in [-0.4, -0.2) is 25.3 Å². The smallest absolute Gasteiger partial charge is 0.243 e. The van der Waals surface area contributed by atoms with Crippen molar-refractivity contribution < 1.29 is 14.3 Å². The molecule has 1 aromatic carbocycles. The zero-order chi connectivity index (χ0) is 13.2. The summed E-state index contributed by atoms with van der Waals surface area (Å²) < 4.78 is 4.94. The Morgan fingerprint density at radius 2 is 1.72 bits per heavy atom. The van der Waals surface area contributed by atoms with E-state index >= 15 is 0 Å². The SMILES string of the molecule is CCC1(c2ccccc2)C(=O)NC(OC)NC1=O. The van der Waals surface area contributed by atoms with Gasteiger partial charge < -0.3 is 15.4 Å². The molecule has 1 saturated heterocycles. The summed E-state index contributed by atoms with van der Waals surface area (Å²) in [6, 6.07) is 9.06. The molecule has 1 aliphatic heterocycles. The van der Waals surface area contributed by atoms with Crippen LogP contribution in [0.4, 0.5) is 0 Å². The van der Waals surface area contributed by atoms with Gasteiger partial charge >= 0.3 is 0 Å². The first-order chi connectivity index (χ1) is 8.65. The fourth-order valence-electron chi connectivity index (χ4n) is 2.25. The van der Waals surface area contributed by atoms with Crippen LogP contribution in [0.2, 0.25) is 0 Å². The van der Waals surface area contributed by atoms with Crippen LogP contribution < -0.4 is 10.6 Å². The summed E-state index contributed by atoms with van der Waals surface area (Å²) in [5.74, 6) is -0.654. The zero-order valence-electron chi connectivity index (χ0n) is 10.4. The van der Waals surface area contributed by atoms with Crippen molar-refractivity contribution in [3.63, 3.8) is 0 Å². The predicted molar refractivity (Wildman–Crippen MR) is 65.5 cm³/mol. The lowest BCUT2D eigenvalue weighted by molar-refractivity contribution is -0.150. The number of benzene rings is 1. The van der Waals surface area contributed by atoms with Gasteiger partial charge in [0.05, 0.1) is 0 Å². The van der Waals surface area contributed by atoms with Crippen LogP contribution in [0.15, 0.2) is 30.3 Å². The van der Waals surface area contributed by atoms with Gasteiger partial charge in [-0.15, -0.1) is 0 Å². The maximum absolute atomic E-state index is 12.3. The van der Waals surface area contributed by atoms with Crippen LogP contribution >= 0.6 is 0 Å². The molecule has 0 atom stereocenters. The van der Waals surface area contributed by atoms with Crippen LogP contribution in [0.3, 0.4) is 0 Å². The zero-order valence-corrected chi connectivity index (χ0v) is 10.4. The fourth-order valence-corrected chi connectivity index (χ4v) is 2.25. The van der Waals surface area contributed by atoms with Gasteiger partial charge in [0.2, 0.25) is 18.2 Å². The van der Waals surface area contributed by atoms with Crippen LogP contribution in [0.25, 0.3) is 0 Å². The normalized spacial score (nSPS) is 27.6. The first-order valence-electron chi connectivity index (χ1n) is 5.85. The number of carbonyl (C=O) groups excluding carboxylic acids is 2. The van der Waals surface area contributed by atoms with Crippen LogP contribution in [0.5, 0.6) is 0 Å². The van der Waals surface area contributed by atoms with E-state index in [1.54, 1.807) is 12.1 Å². The average Bonchev–Trinajstić information content (AvgIpc) is 2.40. The molecular weight excluding hydrogens is 232 g/mol. The van der Waals surface area contributed by atoms with Gasteiger partial charge in [-0.05, 0) is 12.0 Å². The second kappa shape index (κ2) is 4.78. The molecule has 1 aliphatic rings. The second-order valence-corrected chi connectivity index (χ2v) is 4.19. The third-order valence-electron chi connectivity index (χ3n) is 3.33. The Bertz CT molecular complexity index is 441. The average molecular weight is 248 g/mol. The molecule has 96 valence electrons. The molecule has 0 aliphatic carbocycles. The van der Waals surface area contributed by atoms with E-state index in [1.807, 2.05) is 25.1 Å². The molecule has 0 unspecified atom stereocenters. The minimum atomic E-state index is -1.17. The third kappa shape index (κ3) is 1.76. The van der Waals surface area contributed by atoms with E-state index < -0.39 is 11.8 Å². The minimum Gasteiger partial charge on any atom is -0.344 e. The highest BCUT2D eigenvalue weighted by Gasteiger charge is 2.50. The third-order valence-corrected chi connectivity index (χ3v) is 3.33. The number of hydrogen-bond acceptors (Lipinski definition) is 3. The summed E-state index contributed by atoms with van der Waals surface area (Å²) in [5.41, 5.74) is -0.479. The van der Waals surface area contributed by atoms with Gasteiger partial charge in [-0.1, -0.05) is 37.3 Å². The Morgan fingerprint density at radius 3 is 2.17 bits per heavy atom. The molecule has 0 spiro atoms. The molecule has 5 nitrogen and oxygen atoms in total. The number of amides is 2. The highest BCUT2D eigenvalue weighted by Crippen LogP contribution is 2.30. The lowest BCUT2D eigenvalue weighted by Crippen LogP contribution is -2.67. The lowest BCUT2D eigenvalue weighted by atomic mass is 9.75. The highest BCUT2D eigenvalue weighted by atomic mass is 16.5. The fraction of sp³-hybridized carbons (Fsp3) is 0.385. The summed E-state index contributed by atoms with van der Waals surface area (Å²) in [7, 11) is 1.42. The monoisotopic (exact) mass is 248 g/mol. The Hall–Kier alpha value is -1.88. The largest absolute Gasteiger partial charge is 0.344 e. The van der Waals surface area contributed by atoms with Crippen molar-refractivity contribution in [1.82, 2.24) is 10.6 Å². The van der Waals surface area contributed by atoms with E-state index in [1.165, 1.54) is 7.11 Å². The minimum absolute atomic E-state index is 0.327. The number of hydrogen-bond donors (Lipinski definition) is 2. The van der Waals surface area contributed by atoms with Gasteiger partial charge in [-0.25, -0.2) is 0 Å². The number of methoxy groups -OCH3 is 1. The maximum atomic E-state index is 12.3. The van der Waals surface area contributed by atoms with Gasteiger partial charge in [-0.3, -0.25) is 9.59 Å². The summed E-state index contributed by atoms with van der Waals surface area (Å²) in [5, 5.41) is 5.29. The predicted octanol–water partition coefficient (Wildman–Crippen LogP) is 0.510. The van der Waals surface area contributed by atoms with Crippen molar-refractivity contribution in [1.29, 1.82) is 0 Å². The molecule has 2 amide bonds. The van der Waals surface area contributed by atoms with Gasteiger partial charge in [-0.2, -0.15) is 0 Å². The standard InChI is InChI=1S/C13H16N2O3/c1-3-13(9-7-5-4-6-8-9)10(16)14-12(18-2)15-11(13)17/h4-8,12H,3H2,1-2H3,(H,14,16)(H,15,17). The van der Waals surface area contributed by atoms with Crippen molar-refractivity contribution in [3.05, 3.63) is 35.9 Å². The van der Waals surface area contributed by atoms with Crippen molar-refractivity contribution in [2.75, 3.05) is 7.11 Å². The Balaban J connectivity index is 2.44. The van der Waals surface area contributed by atoms with Gasteiger partial charge in [0, 0.05) is 7.11 Å². The van der Waals surface area contributed by atoms with Crippen LogP contribution in [0.1, 0.15) is 18.9 Å². The second-order valence-electron chi connectivity index (χ2n) is 4.19. The molecule has 0 aromatic heterocycles. The Kier molecular flexibility index (Phi) is 3.34. The van der Waals surface area contributed by atoms with E-state index in [4.69, 9.17) is 4.74 Å². The van der Waals surface area contributed by atoms with Crippen molar-refractivity contribution in [3.8, 4) is 0 Å². The van der Waals surface area contributed by atoms with Crippen molar-refractivity contribution in [2.24, 2.45) is 0 Å². The van der Waals surface area contributed by atoms with E-state index in [2.05, 4.69) is 10.6 Å². The summed E-state index contributed by atoms with van der Waals surface area (Å²) in [4.78, 5) is 24.6. The first-order valence-corrected chi connectivity index (χ1v) is 5.85. The van der Waals surface area contributed by atoms with E-state index in [-0.39, 0.29) is 11.8 Å². The molecule has 0 saturated carbocycles. The summed E-state index contributed by atoms with van der Waals surface area (Å²) >= 11 is 0. The van der Waals surface area contributed by atoms with E-state index in [9.17, 15) is 9.59 Å². The first kappa shape index (κ1) is 12.6. The van der Waals surface area contributed by atoms with Crippen LogP contribution in [0, 0.1) is 0 Å². The maximum Gasteiger partial charge on any atom is 0.243 e. The van der Waals surface area contributed by atoms with Crippen molar-refractivity contribution in [2.45, 2.75) is 25.1 Å². The van der Waals surface area contributed by atoms with Crippen LogP contribution in [-0.2, 0) is 19.7 Å². The molecule has 18 heavy (non-hydrogen) atoms. The molecule has 5 heteroatoms. The summed E-state index contributed by atoms with van der Waals surface area (Å²) in [6.45, 7) is 1.82. The molecule has 1 aromatic rings. The number of rotatable bonds is 3. The van der Waals surface area contributed by atoms with Gasteiger partial charge in [0.15, 0.2) is 5.41 Å². The Morgan fingerprint density at radius 1 is 1.17 bits per heavy atom. The number of ether oxygens (including phenoxy) is 1. The molecule has 1 heterocycles. The van der Waals surface area contributed by atoms with E-state index in [0.717, 1.165) is 0 Å². The van der Waals surface area contributed by atoms with Gasteiger partial charge in [0.1, 0.15) is 0 Å². The topological polar surface area (TPSA) is 67.4 Å². The van der Waals surface area contributed by atoms with Crippen molar-refractivity contribution >= 4 is 11.8 Å². The number of carbonyl (C=O) groups is 2. The quantitative estimate of drug-likeness (QED) is 0.766. The summed E-state index contributed by atoms with van der Waals surface area (Å²) in [6.07, 6.45) is -0.362. The molecule has 0 radical (unpaired) electrons. The molecular formula is C13H16N2O3. The van der Waals surface area contributed by atoms with Gasteiger partial charge in [0.25, 0.3) is 0 Å². The molecule has 0 bridgehead atoms. The lowest BCUT2D eigenvalue weighted by Gasteiger charge is -2.37. The Labute approximate surface area is 106 Å².